The Bertz CT molecular complexity index is 626. The molecule has 1 aliphatic rings. The molecule has 2 aromatic rings. The molecule has 3 nitrogen and oxygen atoms in total. The monoisotopic (exact) mass is 305 g/mol. The van der Waals surface area contributed by atoms with Gasteiger partial charge in [-0.25, -0.2) is 9.37 Å². The molecule has 1 aromatic carbocycles. The molecule has 1 aliphatic heterocycles. The lowest BCUT2D eigenvalue weighted by molar-refractivity contribution is 0.577. The standard InChI is InChI=1S/C16H20FN3S/c1-3-7-18-11(2)15-10-19-16(21-15)20-8-6-12-4-5-13(17)9-14(12)20/h4-5,9-11,18H,3,6-8H2,1-2H3. The number of aromatic nitrogens is 1. The zero-order chi connectivity index (χ0) is 14.8. The summed E-state index contributed by atoms with van der Waals surface area (Å²) in [5, 5.41) is 4.43. The van der Waals surface area contributed by atoms with Crippen LogP contribution >= 0.6 is 11.3 Å². The summed E-state index contributed by atoms with van der Waals surface area (Å²) in [6.45, 7) is 6.20. The van der Waals surface area contributed by atoms with Crippen LogP contribution in [0.4, 0.5) is 15.2 Å². The Morgan fingerprint density at radius 2 is 2.33 bits per heavy atom. The molecule has 0 fully saturated rings. The molecule has 1 aromatic heterocycles. The smallest absolute Gasteiger partial charge is 0.190 e. The maximum absolute atomic E-state index is 13.5. The van der Waals surface area contributed by atoms with Crippen molar-refractivity contribution in [3.8, 4) is 0 Å². The predicted molar refractivity (Wildman–Crippen MR) is 85.9 cm³/mol. The molecule has 3 rings (SSSR count). The maximum atomic E-state index is 13.5. The summed E-state index contributed by atoms with van der Waals surface area (Å²) in [6.07, 6.45) is 4.01. The van der Waals surface area contributed by atoms with Crippen LogP contribution in [0.15, 0.2) is 24.4 Å². The second kappa shape index (κ2) is 6.12. The molecule has 1 N–H and O–H groups in total. The van der Waals surface area contributed by atoms with Crippen LogP contribution in [-0.4, -0.2) is 18.1 Å². The van der Waals surface area contributed by atoms with Crippen molar-refractivity contribution in [3.63, 3.8) is 0 Å². The van der Waals surface area contributed by atoms with Crippen LogP contribution < -0.4 is 10.2 Å². The van der Waals surface area contributed by atoms with Crippen LogP contribution in [0.1, 0.15) is 36.8 Å². The Kier molecular flexibility index (Phi) is 4.22. The number of halogens is 1. The fraction of sp³-hybridized carbons (Fsp3) is 0.438. The Labute approximate surface area is 128 Å². The second-order valence-electron chi connectivity index (χ2n) is 5.40. The van der Waals surface area contributed by atoms with E-state index in [1.165, 1.54) is 16.5 Å². The molecule has 21 heavy (non-hydrogen) atoms. The molecular weight excluding hydrogens is 285 g/mol. The van der Waals surface area contributed by atoms with Crippen molar-refractivity contribution in [1.29, 1.82) is 0 Å². The molecule has 0 spiro atoms. The van der Waals surface area contributed by atoms with Gasteiger partial charge in [0.15, 0.2) is 5.13 Å². The van der Waals surface area contributed by atoms with E-state index in [0.717, 1.165) is 36.8 Å². The Balaban J connectivity index is 1.81. The van der Waals surface area contributed by atoms with Gasteiger partial charge in [0.25, 0.3) is 0 Å². The van der Waals surface area contributed by atoms with Crippen LogP contribution in [0.2, 0.25) is 0 Å². The third-order valence-electron chi connectivity index (χ3n) is 3.81. The minimum Gasteiger partial charge on any atom is -0.317 e. The van der Waals surface area contributed by atoms with Crippen LogP contribution in [0, 0.1) is 5.82 Å². The van der Waals surface area contributed by atoms with Gasteiger partial charge in [0, 0.05) is 29.3 Å². The van der Waals surface area contributed by atoms with Crippen LogP contribution in [0.25, 0.3) is 0 Å². The van der Waals surface area contributed by atoms with E-state index in [-0.39, 0.29) is 5.82 Å². The first kappa shape index (κ1) is 14.5. The van der Waals surface area contributed by atoms with Crippen molar-refractivity contribution in [2.45, 2.75) is 32.7 Å². The molecular formula is C16H20FN3S. The minimum absolute atomic E-state index is 0.185. The van der Waals surface area contributed by atoms with Gasteiger partial charge in [0.2, 0.25) is 0 Å². The molecule has 112 valence electrons. The first-order valence-corrected chi connectivity index (χ1v) is 8.25. The van der Waals surface area contributed by atoms with E-state index in [1.807, 2.05) is 12.3 Å². The second-order valence-corrected chi connectivity index (χ2v) is 6.44. The molecule has 2 heterocycles. The molecule has 5 heteroatoms. The first-order valence-electron chi connectivity index (χ1n) is 7.44. The predicted octanol–water partition coefficient (Wildman–Crippen LogP) is 4.04. The average Bonchev–Trinajstić information content (AvgIpc) is 3.10. The number of hydrogen-bond acceptors (Lipinski definition) is 4. The van der Waals surface area contributed by atoms with E-state index in [4.69, 9.17) is 0 Å². The quantitative estimate of drug-likeness (QED) is 0.903. The summed E-state index contributed by atoms with van der Waals surface area (Å²) in [5.41, 5.74) is 2.16. The lowest BCUT2D eigenvalue weighted by Crippen LogP contribution is -2.18. The summed E-state index contributed by atoms with van der Waals surface area (Å²) in [5.74, 6) is -0.185. The zero-order valence-electron chi connectivity index (χ0n) is 12.4. The zero-order valence-corrected chi connectivity index (χ0v) is 13.2. The van der Waals surface area contributed by atoms with E-state index in [9.17, 15) is 4.39 Å². The number of thiazole rings is 1. The van der Waals surface area contributed by atoms with Crippen molar-refractivity contribution in [2.75, 3.05) is 18.0 Å². The lowest BCUT2D eigenvalue weighted by Gasteiger charge is -2.16. The van der Waals surface area contributed by atoms with E-state index in [2.05, 4.69) is 29.0 Å². The molecule has 0 radical (unpaired) electrons. The number of anilines is 2. The number of nitrogens with zero attached hydrogens (tertiary/aromatic N) is 2. The molecule has 0 aliphatic carbocycles. The van der Waals surface area contributed by atoms with Crippen molar-refractivity contribution >= 4 is 22.2 Å². The van der Waals surface area contributed by atoms with E-state index >= 15 is 0 Å². The summed E-state index contributed by atoms with van der Waals surface area (Å²) < 4.78 is 13.5. The Hall–Kier alpha value is -1.46. The summed E-state index contributed by atoms with van der Waals surface area (Å²) in [7, 11) is 0. The highest BCUT2D eigenvalue weighted by Crippen LogP contribution is 2.38. The molecule has 1 atom stereocenters. The first-order chi connectivity index (χ1) is 10.2. The van der Waals surface area contributed by atoms with Crippen molar-refractivity contribution in [3.05, 3.63) is 40.7 Å². The van der Waals surface area contributed by atoms with Gasteiger partial charge in [-0.1, -0.05) is 24.3 Å². The van der Waals surface area contributed by atoms with Gasteiger partial charge in [-0.3, -0.25) is 0 Å². The minimum atomic E-state index is -0.185. The van der Waals surface area contributed by atoms with Gasteiger partial charge < -0.3 is 10.2 Å². The fourth-order valence-corrected chi connectivity index (χ4v) is 3.60. The van der Waals surface area contributed by atoms with Crippen molar-refractivity contribution in [2.24, 2.45) is 0 Å². The summed E-state index contributed by atoms with van der Waals surface area (Å²) in [4.78, 5) is 7.89. The average molecular weight is 305 g/mol. The molecule has 1 unspecified atom stereocenters. The maximum Gasteiger partial charge on any atom is 0.190 e. The SMILES string of the molecule is CCCNC(C)c1cnc(N2CCc3ccc(F)cc32)s1. The highest BCUT2D eigenvalue weighted by Gasteiger charge is 2.23. The Morgan fingerprint density at radius 1 is 1.48 bits per heavy atom. The van der Waals surface area contributed by atoms with Gasteiger partial charge in [-0.05, 0) is 44.0 Å². The van der Waals surface area contributed by atoms with E-state index in [1.54, 1.807) is 17.4 Å². The Morgan fingerprint density at radius 3 is 3.14 bits per heavy atom. The van der Waals surface area contributed by atoms with Crippen molar-refractivity contribution in [1.82, 2.24) is 10.3 Å². The number of hydrogen-bond donors (Lipinski definition) is 1. The van der Waals surface area contributed by atoms with E-state index < -0.39 is 0 Å². The van der Waals surface area contributed by atoms with Crippen LogP contribution in [-0.2, 0) is 6.42 Å². The van der Waals surface area contributed by atoms with Gasteiger partial charge in [0.05, 0.1) is 0 Å². The van der Waals surface area contributed by atoms with Gasteiger partial charge >= 0.3 is 0 Å². The number of fused-ring (bicyclic) bond motifs is 1. The van der Waals surface area contributed by atoms with Crippen molar-refractivity contribution < 1.29 is 4.39 Å². The van der Waals surface area contributed by atoms with Crippen LogP contribution in [0.5, 0.6) is 0 Å². The van der Waals surface area contributed by atoms with E-state index in [0.29, 0.717) is 6.04 Å². The normalized spacial score (nSPS) is 15.3. The van der Waals surface area contributed by atoms with Crippen LogP contribution in [0.3, 0.4) is 0 Å². The lowest BCUT2D eigenvalue weighted by atomic mass is 10.2. The highest BCUT2D eigenvalue weighted by molar-refractivity contribution is 7.15. The topological polar surface area (TPSA) is 28.2 Å². The fourth-order valence-electron chi connectivity index (χ4n) is 2.61. The van der Waals surface area contributed by atoms with Gasteiger partial charge in [-0.15, -0.1) is 0 Å². The summed E-state index contributed by atoms with van der Waals surface area (Å²) in [6, 6.07) is 5.34. The molecule has 0 saturated heterocycles. The third-order valence-corrected chi connectivity index (χ3v) is 5.02. The largest absolute Gasteiger partial charge is 0.317 e. The number of benzene rings is 1. The number of nitrogens with one attached hydrogen (secondary N) is 1. The molecule has 0 bridgehead atoms. The third kappa shape index (κ3) is 2.94. The number of rotatable bonds is 5. The van der Waals surface area contributed by atoms with Gasteiger partial charge in [0.1, 0.15) is 5.82 Å². The molecule has 0 amide bonds. The highest BCUT2D eigenvalue weighted by atomic mass is 32.1. The summed E-state index contributed by atoms with van der Waals surface area (Å²) >= 11 is 1.69. The van der Waals surface area contributed by atoms with Gasteiger partial charge in [-0.2, -0.15) is 0 Å². The molecule has 0 saturated carbocycles.